The lowest BCUT2D eigenvalue weighted by molar-refractivity contribution is -0.286. The Morgan fingerprint density at radius 2 is 1.94 bits per heavy atom. The van der Waals surface area contributed by atoms with Gasteiger partial charge in [-0.3, -0.25) is 0 Å². The number of hydrogen-bond acceptors (Lipinski definition) is 7. The smallest absolute Gasteiger partial charge is 0.334 e. The number of rotatable bonds is 5. The van der Waals surface area contributed by atoms with E-state index in [0.717, 1.165) is 24.8 Å². The van der Waals surface area contributed by atoms with Gasteiger partial charge in [-0.2, -0.15) is 0 Å². The van der Waals surface area contributed by atoms with Crippen LogP contribution in [0.4, 0.5) is 0 Å². The van der Waals surface area contributed by atoms with Crippen LogP contribution in [-0.2, 0) is 33.3 Å². The molecule has 7 atom stereocenters. The van der Waals surface area contributed by atoms with Crippen molar-refractivity contribution in [3.63, 3.8) is 0 Å². The van der Waals surface area contributed by atoms with Crippen LogP contribution in [-0.4, -0.2) is 48.9 Å². The molecule has 1 spiro atoms. The molecular formula is C24H32O7. The lowest BCUT2D eigenvalue weighted by Gasteiger charge is -2.60. The predicted molar refractivity (Wildman–Crippen MR) is 110 cm³/mol. The van der Waals surface area contributed by atoms with E-state index in [4.69, 9.17) is 23.7 Å². The first-order valence-corrected chi connectivity index (χ1v) is 11.5. The molecule has 5 rings (SSSR count). The van der Waals surface area contributed by atoms with E-state index < -0.39 is 29.1 Å². The summed E-state index contributed by atoms with van der Waals surface area (Å²) in [5.74, 6) is -1.61. The van der Waals surface area contributed by atoms with E-state index in [1.165, 1.54) is 6.08 Å². The zero-order valence-corrected chi connectivity index (χ0v) is 19.0. The van der Waals surface area contributed by atoms with Crippen LogP contribution in [0.1, 0.15) is 60.3 Å². The first kappa shape index (κ1) is 21.2. The van der Waals surface area contributed by atoms with E-state index in [1.807, 2.05) is 19.9 Å². The molecule has 0 aromatic rings. The molecule has 3 fully saturated rings. The van der Waals surface area contributed by atoms with E-state index in [0.29, 0.717) is 25.2 Å². The number of ether oxygens (including phenoxy) is 5. The monoisotopic (exact) mass is 432 g/mol. The van der Waals surface area contributed by atoms with Crippen LogP contribution in [0, 0.1) is 16.7 Å². The molecule has 2 aliphatic carbocycles. The molecule has 5 aliphatic rings. The highest BCUT2D eigenvalue weighted by atomic mass is 16.7. The molecule has 170 valence electrons. The van der Waals surface area contributed by atoms with Crippen molar-refractivity contribution in [2.75, 3.05) is 13.2 Å². The summed E-state index contributed by atoms with van der Waals surface area (Å²) in [4.78, 5) is 25.0. The van der Waals surface area contributed by atoms with Crippen molar-refractivity contribution in [3.05, 3.63) is 23.3 Å². The first-order valence-electron chi connectivity index (χ1n) is 11.5. The summed E-state index contributed by atoms with van der Waals surface area (Å²) < 4.78 is 30.6. The van der Waals surface area contributed by atoms with Crippen LogP contribution in [0.3, 0.4) is 0 Å². The molecule has 0 unspecified atom stereocenters. The fourth-order valence-electron chi connectivity index (χ4n) is 7.20. The molecule has 0 radical (unpaired) electrons. The lowest BCUT2D eigenvalue weighted by atomic mass is 9.44. The normalized spacial score (nSPS) is 48.0. The Morgan fingerprint density at radius 3 is 2.65 bits per heavy atom. The fourth-order valence-corrected chi connectivity index (χ4v) is 7.20. The molecule has 31 heavy (non-hydrogen) atoms. The molecule has 7 nitrogen and oxygen atoms in total. The zero-order valence-electron chi connectivity index (χ0n) is 19.0. The molecule has 7 heteroatoms. The highest BCUT2D eigenvalue weighted by molar-refractivity contribution is 5.93. The van der Waals surface area contributed by atoms with E-state index in [1.54, 1.807) is 0 Å². The molecule has 0 aromatic heterocycles. The standard InChI is InChI=1S/C24H32O7/c1-6-27-20-16(12-18(25)30-20)23(28-7-2)13-21(4)14(3)11-17-22(5)15(19(26)29-17)9-8-10-24(21,22)31-23/h9,12,14,17,20H,6-8,10-11,13H2,1-5H3/t14-,17+,20+,21+,22+,23-,24+/m0/s1. The van der Waals surface area contributed by atoms with Crippen molar-refractivity contribution in [1.82, 2.24) is 0 Å². The summed E-state index contributed by atoms with van der Waals surface area (Å²) in [5, 5.41) is 0. The summed E-state index contributed by atoms with van der Waals surface area (Å²) in [5.41, 5.74) is -0.238. The topological polar surface area (TPSA) is 80.3 Å². The number of esters is 2. The van der Waals surface area contributed by atoms with Crippen molar-refractivity contribution in [3.8, 4) is 0 Å². The van der Waals surface area contributed by atoms with Crippen LogP contribution in [0.25, 0.3) is 0 Å². The van der Waals surface area contributed by atoms with Crippen molar-refractivity contribution >= 4 is 11.9 Å². The Bertz CT molecular complexity index is 892. The summed E-state index contributed by atoms with van der Waals surface area (Å²) in [7, 11) is 0. The van der Waals surface area contributed by atoms with Gasteiger partial charge in [0.2, 0.25) is 6.29 Å². The third-order valence-electron chi connectivity index (χ3n) is 8.76. The number of cyclic esters (lactones) is 1. The molecule has 0 N–H and O–H groups in total. The number of allylic oxidation sites excluding steroid dienone is 1. The predicted octanol–water partition coefficient (Wildman–Crippen LogP) is 3.42. The van der Waals surface area contributed by atoms with Crippen LogP contribution >= 0.6 is 0 Å². The number of carbonyl (C=O) groups excluding carboxylic acids is 2. The van der Waals surface area contributed by atoms with Gasteiger partial charge in [-0.25, -0.2) is 9.59 Å². The van der Waals surface area contributed by atoms with Gasteiger partial charge in [0.1, 0.15) is 6.10 Å². The second-order valence-electron chi connectivity index (χ2n) is 9.92. The zero-order chi connectivity index (χ0) is 22.2. The summed E-state index contributed by atoms with van der Waals surface area (Å²) in [6.07, 6.45) is 5.26. The Hall–Kier alpha value is -1.70. The Kier molecular flexibility index (Phi) is 4.54. The summed E-state index contributed by atoms with van der Waals surface area (Å²) in [6.45, 7) is 11.2. The van der Waals surface area contributed by atoms with Gasteiger partial charge in [0.25, 0.3) is 0 Å². The largest absolute Gasteiger partial charge is 0.458 e. The number of hydrogen-bond donors (Lipinski definition) is 0. The van der Waals surface area contributed by atoms with Gasteiger partial charge < -0.3 is 23.7 Å². The van der Waals surface area contributed by atoms with Gasteiger partial charge in [0.05, 0.1) is 16.6 Å². The molecule has 3 heterocycles. The molecule has 0 amide bonds. The highest BCUT2D eigenvalue weighted by Gasteiger charge is 2.79. The van der Waals surface area contributed by atoms with E-state index in [-0.39, 0.29) is 23.4 Å². The summed E-state index contributed by atoms with van der Waals surface area (Å²) in [6, 6.07) is 0. The minimum Gasteiger partial charge on any atom is -0.458 e. The van der Waals surface area contributed by atoms with Gasteiger partial charge in [0.15, 0.2) is 5.79 Å². The quantitative estimate of drug-likeness (QED) is 0.616. The lowest BCUT2D eigenvalue weighted by Crippen LogP contribution is -2.66. The molecule has 2 saturated heterocycles. The Morgan fingerprint density at radius 1 is 1.16 bits per heavy atom. The van der Waals surface area contributed by atoms with Gasteiger partial charge in [0, 0.05) is 36.7 Å². The average Bonchev–Trinajstić information content (AvgIpc) is 3.29. The third kappa shape index (κ3) is 2.40. The maximum atomic E-state index is 12.8. The third-order valence-corrected chi connectivity index (χ3v) is 8.76. The molecule has 1 saturated carbocycles. The minimum absolute atomic E-state index is 0.224. The van der Waals surface area contributed by atoms with Crippen molar-refractivity contribution < 1.29 is 33.3 Å². The fraction of sp³-hybridized carbons (Fsp3) is 0.750. The first-order chi connectivity index (χ1) is 14.7. The van der Waals surface area contributed by atoms with Gasteiger partial charge >= 0.3 is 11.9 Å². The molecular weight excluding hydrogens is 400 g/mol. The minimum atomic E-state index is -1.16. The van der Waals surface area contributed by atoms with E-state index in [2.05, 4.69) is 20.8 Å². The Balaban J connectivity index is 1.68. The van der Waals surface area contributed by atoms with Crippen LogP contribution in [0.5, 0.6) is 0 Å². The van der Waals surface area contributed by atoms with Crippen molar-refractivity contribution in [1.29, 1.82) is 0 Å². The van der Waals surface area contributed by atoms with E-state index in [9.17, 15) is 9.59 Å². The second kappa shape index (κ2) is 6.65. The van der Waals surface area contributed by atoms with Gasteiger partial charge in [-0.05, 0) is 46.0 Å². The highest BCUT2D eigenvalue weighted by Crippen LogP contribution is 2.74. The second-order valence-corrected chi connectivity index (χ2v) is 9.92. The number of carbonyl (C=O) groups is 2. The maximum absolute atomic E-state index is 12.8. The molecule has 0 aromatic carbocycles. The Labute approximate surface area is 183 Å². The maximum Gasteiger partial charge on any atom is 0.334 e. The van der Waals surface area contributed by atoms with Crippen LogP contribution in [0.2, 0.25) is 0 Å². The molecule has 0 bridgehead atoms. The van der Waals surface area contributed by atoms with E-state index >= 15 is 0 Å². The van der Waals surface area contributed by atoms with Crippen molar-refractivity contribution in [2.45, 2.75) is 84.1 Å². The molecule has 3 aliphatic heterocycles. The van der Waals surface area contributed by atoms with Crippen LogP contribution in [0.15, 0.2) is 23.3 Å². The average molecular weight is 433 g/mol. The van der Waals surface area contributed by atoms with Gasteiger partial charge in [-0.1, -0.05) is 19.9 Å². The van der Waals surface area contributed by atoms with Crippen molar-refractivity contribution in [2.24, 2.45) is 16.7 Å². The van der Waals surface area contributed by atoms with Crippen LogP contribution < -0.4 is 0 Å². The summed E-state index contributed by atoms with van der Waals surface area (Å²) >= 11 is 0. The van der Waals surface area contributed by atoms with Gasteiger partial charge in [-0.15, -0.1) is 0 Å². The SMILES string of the molecule is CCO[C@@H]1OC(=O)C=C1[C@]1(OCC)C[C@]2(C)[C@@H](C)C[C@H]3OC(=O)C4=CCC[C@]2(O1)[C@]43C.